The van der Waals surface area contributed by atoms with Gasteiger partial charge in [0.1, 0.15) is 5.75 Å². The van der Waals surface area contributed by atoms with E-state index in [1.54, 1.807) is 11.3 Å². The van der Waals surface area contributed by atoms with Crippen molar-refractivity contribution < 1.29 is 14.0 Å². The third-order valence-corrected chi connectivity index (χ3v) is 9.49. The molecule has 0 spiro atoms. The summed E-state index contributed by atoms with van der Waals surface area (Å²) in [6.07, 6.45) is 0. The second-order valence-electron chi connectivity index (χ2n) is 6.90. The van der Waals surface area contributed by atoms with Gasteiger partial charge in [-0.3, -0.25) is 0 Å². The van der Waals surface area contributed by atoms with Crippen LogP contribution in [0, 0.1) is 0 Å². The van der Waals surface area contributed by atoms with E-state index in [1.165, 1.54) is 0 Å². The Kier molecular flexibility index (Phi) is 4.68. The molecule has 0 aliphatic rings. The number of carbonyl (C=O) groups excluding carboxylic acids is 1. The number of hydrogen-bond donors (Lipinski definition) is 0. The van der Waals surface area contributed by atoms with E-state index < -0.39 is 8.32 Å². The molecule has 0 atom stereocenters. The summed E-state index contributed by atoms with van der Waals surface area (Å²) in [5.74, 6) is 0.512. The topological polar surface area (TPSA) is 35.5 Å². The monoisotopic (exact) mass is 336 g/mol. The van der Waals surface area contributed by atoms with Crippen molar-refractivity contribution in [2.75, 3.05) is 6.61 Å². The van der Waals surface area contributed by atoms with E-state index in [-0.39, 0.29) is 11.0 Å². The first-order chi connectivity index (χ1) is 10.2. The summed E-state index contributed by atoms with van der Waals surface area (Å²) in [5.41, 5.74) is 0.557. The van der Waals surface area contributed by atoms with Crippen LogP contribution in [0.4, 0.5) is 0 Å². The predicted octanol–water partition coefficient (Wildman–Crippen LogP) is 5.46. The molecule has 2 aromatic rings. The Morgan fingerprint density at radius 3 is 2.55 bits per heavy atom. The molecule has 0 saturated heterocycles. The molecule has 0 unspecified atom stereocenters. The Hall–Kier alpha value is -1.33. The molecular weight excluding hydrogens is 312 g/mol. The van der Waals surface area contributed by atoms with E-state index in [0.29, 0.717) is 12.2 Å². The first-order valence-corrected chi connectivity index (χ1v) is 11.3. The van der Waals surface area contributed by atoms with Gasteiger partial charge in [0.25, 0.3) is 8.32 Å². The number of rotatable bonds is 4. The van der Waals surface area contributed by atoms with Gasteiger partial charge in [-0.15, -0.1) is 11.3 Å². The Morgan fingerprint density at radius 1 is 1.27 bits per heavy atom. The molecule has 0 N–H and O–H groups in total. The van der Waals surface area contributed by atoms with Crippen molar-refractivity contribution in [3.63, 3.8) is 0 Å². The number of esters is 1. The van der Waals surface area contributed by atoms with Crippen molar-refractivity contribution in [2.45, 2.75) is 45.8 Å². The van der Waals surface area contributed by atoms with Gasteiger partial charge in [-0.2, -0.15) is 0 Å². The third-order valence-electron chi connectivity index (χ3n) is 4.20. The van der Waals surface area contributed by atoms with E-state index in [2.05, 4.69) is 33.9 Å². The first kappa shape index (κ1) is 17.0. The van der Waals surface area contributed by atoms with Gasteiger partial charge >= 0.3 is 5.97 Å². The molecular formula is C17H24O3SSi. The summed E-state index contributed by atoms with van der Waals surface area (Å²) >= 11 is 1.64. The maximum Gasteiger partial charge on any atom is 0.338 e. The average molecular weight is 337 g/mol. The van der Waals surface area contributed by atoms with Crippen LogP contribution >= 0.6 is 11.3 Å². The van der Waals surface area contributed by atoms with Crippen LogP contribution in [0.2, 0.25) is 18.1 Å². The van der Waals surface area contributed by atoms with E-state index in [9.17, 15) is 4.79 Å². The summed E-state index contributed by atoms with van der Waals surface area (Å²) in [7, 11) is -1.96. The smallest absolute Gasteiger partial charge is 0.338 e. The highest BCUT2D eigenvalue weighted by molar-refractivity contribution is 7.17. The van der Waals surface area contributed by atoms with Gasteiger partial charge in [-0.25, -0.2) is 4.79 Å². The zero-order valence-corrected chi connectivity index (χ0v) is 16.0. The summed E-state index contributed by atoms with van der Waals surface area (Å²) < 4.78 is 12.7. The molecule has 120 valence electrons. The number of carbonyl (C=O) groups is 1. The second kappa shape index (κ2) is 6.05. The zero-order chi connectivity index (χ0) is 16.5. The molecule has 0 aliphatic carbocycles. The van der Waals surface area contributed by atoms with Crippen molar-refractivity contribution in [2.24, 2.45) is 0 Å². The quantitative estimate of drug-likeness (QED) is 0.549. The molecule has 3 nitrogen and oxygen atoms in total. The lowest BCUT2D eigenvalue weighted by Crippen LogP contribution is -2.43. The number of thiophene rings is 1. The maximum absolute atomic E-state index is 12.1. The van der Waals surface area contributed by atoms with Crippen LogP contribution in [0.15, 0.2) is 23.6 Å². The SMILES string of the molecule is CCOC(=O)c1cc(O[Si](C)(C)C(C)(C)C)c2sccc2c1. The van der Waals surface area contributed by atoms with Crippen LogP contribution in [0.25, 0.3) is 10.1 Å². The second-order valence-corrected chi connectivity index (χ2v) is 12.5. The van der Waals surface area contributed by atoms with E-state index >= 15 is 0 Å². The lowest BCUT2D eigenvalue weighted by atomic mass is 10.1. The lowest BCUT2D eigenvalue weighted by molar-refractivity contribution is 0.0526. The van der Waals surface area contributed by atoms with E-state index in [0.717, 1.165) is 15.8 Å². The highest BCUT2D eigenvalue weighted by atomic mass is 32.1. The minimum absolute atomic E-state index is 0.108. The van der Waals surface area contributed by atoms with Gasteiger partial charge in [-0.1, -0.05) is 20.8 Å². The van der Waals surface area contributed by atoms with Crippen molar-refractivity contribution >= 4 is 35.7 Å². The summed E-state index contributed by atoms with van der Waals surface area (Å²) in [5, 5.41) is 3.17. The molecule has 1 heterocycles. The molecule has 1 aromatic heterocycles. The van der Waals surface area contributed by atoms with Crippen LogP contribution in [-0.4, -0.2) is 20.9 Å². The van der Waals surface area contributed by atoms with Gasteiger partial charge < -0.3 is 9.16 Å². The third kappa shape index (κ3) is 3.36. The molecule has 5 heteroatoms. The highest BCUT2D eigenvalue weighted by Gasteiger charge is 2.39. The Balaban J connectivity index is 2.48. The molecule has 0 aliphatic heterocycles. The Bertz CT molecular complexity index is 683. The standard InChI is InChI=1S/C17H24O3SSi/c1-7-19-16(18)13-10-12-8-9-21-15(12)14(11-13)20-22(5,6)17(2,3)4/h8-11H,7H2,1-6H3. The number of benzene rings is 1. The first-order valence-electron chi connectivity index (χ1n) is 7.53. The van der Waals surface area contributed by atoms with Gasteiger partial charge in [-0.05, 0) is 54.0 Å². The predicted molar refractivity (Wildman–Crippen MR) is 95.6 cm³/mol. The van der Waals surface area contributed by atoms with Crippen molar-refractivity contribution in [3.05, 3.63) is 29.1 Å². The summed E-state index contributed by atoms with van der Waals surface area (Å²) in [4.78, 5) is 12.1. The lowest BCUT2D eigenvalue weighted by Gasteiger charge is -2.36. The van der Waals surface area contributed by atoms with Crippen LogP contribution < -0.4 is 4.43 Å². The number of ether oxygens (including phenoxy) is 1. The van der Waals surface area contributed by atoms with Crippen molar-refractivity contribution in [1.29, 1.82) is 0 Å². The van der Waals surface area contributed by atoms with Crippen LogP contribution in [0.5, 0.6) is 5.75 Å². The Morgan fingerprint density at radius 2 is 1.95 bits per heavy atom. The fraction of sp³-hybridized carbons (Fsp3) is 0.471. The van der Waals surface area contributed by atoms with Crippen LogP contribution in [-0.2, 0) is 4.74 Å². The van der Waals surface area contributed by atoms with Crippen molar-refractivity contribution in [1.82, 2.24) is 0 Å². The van der Waals surface area contributed by atoms with Crippen LogP contribution in [0.3, 0.4) is 0 Å². The Labute approximate surface area is 137 Å². The largest absolute Gasteiger partial charge is 0.543 e. The maximum atomic E-state index is 12.1. The fourth-order valence-electron chi connectivity index (χ4n) is 1.89. The number of fused-ring (bicyclic) bond motifs is 1. The van der Waals surface area contributed by atoms with Gasteiger partial charge in [0.15, 0.2) is 0 Å². The van der Waals surface area contributed by atoms with Gasteiger partial charge in [0.2, 0.25) is 0 Å². The van der Waals surface area contributed by atoms with Gasteiger partial charge in [0.05, 0.1) is 16.9 Å². The normalized spacial score (nSPS) is 12.5. The zero-order valence-electron chi connectivity index (χ0n) is 14.1. The van der Waals surface area contributed by atoms with Gasteiger partial charge in [0, 0.05) is 0 Å². The molecule has 22 heavy (non-hydrogen) atoms. The number of hydrogen-bond acceptors (Lipinski definition) is 4. The minimum Gasteiger partial charge on any atom is -0.543 e. The van der Waals surface area contributed by atoms with Crippen LogP contribution in [0.1, 0.15) is 38.1 Å². The minimum atomic E-state index is -1.96. The van der Waals surface area contributed by atoms with E-state index in [4.69, 9.17) is 9.16 Å². The molecule has 0 bridgehead atoms. The molecule has 0 radical (unpaired) electrons. The highest BCUT2D eigenvalue weighted by Crippen LogP contribution is 2.41. The summed E-state index contributed by atoms with van der Waals surface area (Å²) in [6, 6.07) is 5.72. The fourth-order valence-corrected chi connectivity index (χ4v) is 3.81. The molecule has 0 fully saturated rings. The van der Waals surface area contributed by atoms with Crippen molar-refractivity contribution in [3.8, 4) is 5.75 Å². The average Bonchev–Trinajstić information content (AvgIpc) is 2.85. The molecule has 2 rings (SSSR count). The molecule has 1 aromatic carbocycles. The molecule has 0 saturated carbocycles. The van der Waals surface area contributed by atoms with E-state index in [1.807, 2.05) is 30.5 Å². The summed E-state index contributed by atoms with van der Waals surface area (Å²) in [6.45, 7) is 13.2. The molecule has 0 amide bonds.